The molecule has 3 aliphatic rings. The second-order valence-electron chi connectivity index (χ2n) is 14.2. The number of hydrogen-bond donors (Lipinski definition) is 6. The Balaban J connectivity index is 0.849. The fraction of sp³-hybridized carbons (Fsp3) is 0.357. The molecule has 3 aliphatic heterocycles. The van der Waals surface area contributed by atoms with Crippen LogP contribution in [0.25, 0.3) is 10.9 Å². The lowest BCUT2D eigenvalue weighted by atomic mass is 9.86. The predicted octanol–water partition coefficient (Wildman–Crippen LogP) is 5.15. The van der Waals surface area contributed by atoms with Crippen molar-refractivity contribution >= 4 is 22.9 Å². The van der Waals surface area contributed by atoms with Crippen molar-refractivity contribution in [2.75, 3.05) is 39.3 Å². The molecule has 0 saturated carbocycles. The van der Waals surface area contributed by atoms with Gasteiger partial charge >= 0.3 is 6.09 Å². The number of hydrogen-bond acceptors (Lipinski definition) is 10. The van der Waals surface area contributed by atoms with Crippen LogP contribution in [0.3, 0.4) is 0 Å². The quantitative estimate of drug-likeness (QED) is 0.0740. The number of benzene rings is 3. The number of H-pyrrole nitrogens is 1. The first-order valence-electron chi connectivity index (χ1n) is 18.9. The summed E-state index contributed by atoms with van der Waals surface area (Å²) >= 11 is 0. The van der Waals surface area contributed by atoms with E-state index >= 15 is 0 Å². The number of aliphatic hydroxyl groups is 1. The molecule has 3 unspecified atom stereocenters. The number of aromatic hydroxyl groups is 1. The normalized spacial score (nSPS) is 18.7. The maximum Gasteiger partial charge on any atom is 0.408 e. The predicted molar refractivity (Wildman–Crippen MR) is 206 cm³/mol. The van der Waals surface area contributed by atoms with Gasteiger partial charge in [0, 0.05) is 31.1 Å². The number of amides is 2. The van der Waals surface area contributed by atoms with E-state index in [1.54, 1.807) is 24.3 Å². The van der Waals surface area contributed by atoms with E-state index < -0.39 is 18.2 Å². The van der Waals surface area contributed by atoms with Crippen LogP contribution in [0.1, 0.15) is 70.8 Å². The summed E-state index contributed by atoms with van der Waals surface area (Å²) in [6.07, 6.45) is 2.21. The zero-order valence-electron chi connectivity index (χ0n) is 30.5. The number of furan rings is 1. The Kier molecular flexibility index (Phi) is 12.1. The van der Waals surface area contributed by atoms with Gasteiger partial charge in [0.05, 0.1) is 17.7 Å². The van der Waals surface area contributed by atoms with Gasteiger partial charge in [0.15, 0.2) is 5.76 Å². The number of carbonyl (C=O) groups excluding carboxylic acids is 2. The number of phenols is 1. The van der Waals surface area contributed by atoms with Crippen molar-refractivity contribution in [2.45, 2.75) is 50.5 Å². The largest absolute Gasteiger partial charge is 0.506 e. The maximum absolute atomic E-state index is 13.2. The molecule has 55 heavy (non-hydrogen) atoms. The minimum Gasteiger partial charge on any atom is -0.506 e. The van der Waals surface area contributed by atoms with Gasteiger partial charge in [-0.25, -0.2) is 4.79 Å². The second kappa shape index (κ2) is 17.7. The molecule has 5 heterocycles. The number of alkyl carbamates (subject to hydrolysis) is 1. The van der Waals surface area contributed by atoms with Crippen LogP contribution < -0.4 is 26.2 Å². The summed E-state index contributed by atoms with van der Waals surface area (Å²) < 4.78 is 17.8. The van der Waals surface area contributed by atoms with Gasteiger partial charge in [-0.15, -0.1) is 0 Å². The molecule has 2 amide bonds. The Bertz CT molecular complexity index is 2130. The number of nitrogens with one attached hydrogen (secondary N) is 4. The average Bonchev–Trinajstić information content (AvgIpc) is 3.69. The molecule has 288 valence electrons. The fourth-order valence-electron chi connectivity index (χ4n) is 7.42. The van der Waals surface area contributed by atoms with Gasteiger partial charge in [-0.3, -0.25) is 14.5 Å². The van der Waals surface area contributed by atoms with E-state index in [1.807, 2.05) is 54.6 Å². The number of unbranched alkanes of at least 4 members (excludes halogenated alkanes) is 1. The molecule has 3 aromatic carbocycles. The van der Waals surface area contributed by atoms with Crippen LogP contribution in [0, 0.1) is 5.92 Å². The van der Waals surface area contributed by atoms with Gasteiger partial charge in [-0.2, -0.15) is 0 Å². The highest BCUT2D eigenvalue weighted by atomic mass is 16.6. The number of aliphatic hydroxyl groups excluding tert-OH is 1. The van der Waals surface area contributed by atoms with Crippen LogP contribution in [0.4, 0.5) is 4.79 Å². The van der Waals surface area contributed by atoms with Gasteiger partial charge in [0.1, 0.15) is 30.0 Å². The van der Waals surface area contributed by atoms with Crippen LogP contribution in [-0.4, -0.2) is 77.5 Å². The molecule has 0 radical (unpaired) electrons. The molecule has 0 aliphatic carbocycles. The number of piperidine rings is 3. The molecule has 3 saturated heterocycles. The van der Waals surface area contributed by atoms with Crippen molar-refractivity contribution in [3.63, 3.8) is 0 Å². The summed E-state index contributed by atoms with van der Waals surface area (Å²) in [5.74, 6) is 1.30. The maximum atomic E-state index is 13.2. The van der Waals surface area contributed by atoms with E-state index in [-0.39, 0.29) is 42.2 Å². The Morgan fingerprint density at radius 1 is 0.927 bits per heavy atom. The molecule has 2 bridgehead atoms. The molecular formula is C42H47N5O8. The summed E-state index contributed by atoms with van der Waals surface area (Å²) in [5.41, 5.74) is 2.32. The number of ether oxygens (including phenoxy) is 2. The van der Waals surface area contributed by atoms with Crippen molar-refractivity contribution in [3.05, 3.63) is 130 Å². The number of pyridine rings is 1. The molecule has 3 atom stereocenters. The number of fused-ring (bicyclic) bond motifs is 4. The first-order valence-corrected chi connectivity index (χ1v) is 18.9. The Hall–Kier alpha value is -5.63. The zero-order chi connectivity index (χ0) is 38.1. The molecule has 3 fully saturated rings. The lowest BCUT2D eigenvalue weighted by Crippen LogP contribution is -2.52. The minimum absolute atomic E-state index is 0.0545. The van der Waals surface area contributed by atoms with Gasteiger partial charge < -0.3 is 45.0 Å². The van der Waals surface area contributed by atoms with E-state index in [2.05, 4.69) is 25.8 Å². The lowest BCUT2D eigenvalue weighted by Gasteiger charge is -2.43. The molecule has 0 spiro atoms. The minimum atomic E-state index is -0.840. The van der Waals surface area contributed by atoms with Crippen molar-refractivity contribution in [2.24, 2.45) is 5.92 Å². The molecule has 8 rings (SSSR count). The van der Waals surface area contributed by atoms with Crippen LogP contribution in [-0.2, 0) is 11.3 Å². The Labute approximate surface area is 318 Å². The first-order chi connectivity index (χ1) is 26.8. The van der Waals surface area contributed by atoms with E-state index in [9.17, 15) is 24.6 Å². The van der Waals surface area contributed by atoms with Crippen molar-refractivity contribution < 1.29 is 33.7 Å². The smallest absolute Gasteiger partial charge is 0.408 e. The van der Waals surface area contributed by atoms with E-state index in [0.29, 0.717) is 53.4 Å². The Morgan fingerprint density at radius 3 is 2.53 bits per heavy atom. The van der Waals surface area contributed by atoms with Crippen LogP contribution in [0.15, 0.2) is 100 Å². The number of carbonyl (C=O) groups is 2. The lowest BCUT2D eigenvalue weighted by molar-refractivity contribution is -0.0336. The average molecular weight is 750 g/mol. The van der Waals surface area contributed by atoms with Gasteiger partial charge in [-0.1, -0.05) is 48.5 Å². The zero-order valence-corrected chi connectivity index (χ0v) is 30.5. The van der Waals surface area contributed by atoms with Gasteiger partial charge in [-0.05, 0) is 104 Å². The number of aromatic amines is 1. The highest BCUT2D eigenvalue weighted by molar-refractivity contribution is 5.91. The van der Waals surface area contributed by atoms with Crippen molar-refractivity contribution in [3.8, 4) is 11.5 Å². The number of nitrogens with zero attached hydrogens (tertiary/aromatic N) is 1. The first kappa shape index (κ1) is 37.7. The van der Waals surface area contributed by atoms with Crippen LogP contribution in [0.2, 0.25) is 0 Å². The van der Waals surface area contributed by atoms with Crippen LogP contribution in [0.5, 0.6) is 11.5 Å². The third kappa shape index (κ3) is 9.55. The van der Waals surface area contributed by atoms with E-state index in [0.717, 1.165) is 50.0 Å². The molecule has 13 heteroatoms. The summed E-state index contributed by atoms with van der Waals surface area (Å²) in [5, 5.41) is 30.6. The summed E-state index contributed by atoms with van der Waals surface area (Å²) in [6.45, 7) is 4.39. The highest BCUT2D eigenvalue weighted by Gasteiger charge is 2.37. The molecular weight excluding hydrogens is 702 g/mol. The molecule has 6 N–H and O–H groups in total. The van der Waals surface area contributed by atoms with Crippen molar-refractivity contribution in [1.29, 1.82) is 0 Å². The van der Waals surface area contributed by atoms with Gasteiger partial charge in [0.25, 0.3) is 5.91 Å². The SMILES string of the molecule is O=C(NC(c1ccccc1)c1cccc(OCc2ccc(C(=O)NCCCCNCC(O)c3ccc(O)c4[nH]c(=O)ccc34)o2)c1)OC1CN2CCC1CC2. The second-order valence-corrected chi connectivity index (χ2v) is 14.2. The van der Waals surface area contributed by atoms with Gasteiger partial charge in [0.2, 0.25) is 5.56 Å². The number of aromatic nitrogens is 1. The summed E-state index contributed by atoms with van der Waals surface area (Å²) in [7, 11) is 0. The molecule has 2 aromatic heterocycles. The van der Waals surface area contributed by atoms with Crippen LogP contribution >= 0.6 is 0 Å². The monoisotopic (exact) mass is 749 g/mol. The molecule has 5 aromatic rings. The van der Waals surface area contributed by atoms with Crippen molar-refractivity contribution in [1.82, 2.24) is 25.8 Å². The fourth-order valence-corrected chi connectivity index (χ4v) is 7.42. The summed E-state index contributed by atoms with van der Waals surface area (Å²) in [6, 6.07) is 26.2. The topological polar surface area (TPSA) is 178 Å². The number of rotatable bonds is 16. The summed E-state index contributed by atoms with van der Waals surface area (Å²) in [4.78, 5) is 42.6. The standard InChI is InChI=1S/C42H47N5O8/c48-34-14-12-32(33-13-16-38(50)45-40(33)34)35(49)24-43-19-4-5-20-44-41(51)36-15-11-31(54-36)26-53-30-10-6-9-29(23-30)39(28-7-2-1-3-8-28)46-42(52)55-37-25-47-21-17-27(37)18-22-47/h1-3,6-16,23,27,35,37,39,43,48-49H,4-5,17-22,24-26H2,(H,44,51)(H,45,50)(H,46,52). The third-order valence-corrected chi connectivity index (χ3v) is 10.4. The number of phenolic OH excluding ortho intramolecular Hbond substituents is 1. The Morgan fingerprint density at radius 2 is 1.73 bits per heavy atom. The van der Waals surface area contributed by atoms with E-state index in [1.165, 1.54) is 12.1 Å². The third-order valence-electron chi connectivity index (χ3n) is 10.4. The molecule has 13 nitrogen and oxygen atoms in total. The highest BCUT2D eigenvalue weighted by Crippen LogP contribution is 2.31. The van der Waals surface area contributed by atoms with E-state index in [4.69, 9.17) is 13.9 Å².